The first-order valence-electron chi connectivity index (χ1n) is 1.92. The zero-order chi connectivity index (χ0) is 7.66. The summed E-state index contributed by atoms with van der Waals surface area (Å²) in [5, 5.41) is 22.9. The van der Waals surface area contributed by atoms with E-state index in [0.29, 0.717) is 0 Å². The molecule has 0 rings (SSSR count). The first-order valence-corrected chi connectivity index (χ1v) is 1.92. The molecule has 0 radical (unpaired) electrons. The molecule has 0 bridgehead atoms. The van der Waals surface area contributed by atoms with Crippen LogP contribution in [0.4, 0.5) is 0 Å². The Balaban J connectivity index is 3.51. The van der Waals surface area contributed by atoms with E-state index in [-0.39, 0.29) is 0 Å². The maximum atomic E-state index is 4.54. The molecule has 10 nitrogen and oxygen atoms in total. The third-order valence-electron chi connectivity index (χ3n) is 0.303. The lowest BCUT2D eigenvalue weighted by Crippen LogP contribution is -1.71. The summed E-state index contributed by atoms with van der Waals surface area (Å²) >= 11 is 0. The Hall–Kier alpha value is -2.00. The van der Waals surface area contributed by atoms with Gasteiger partial charge in [-0.3, -0.25) is 0 Å². The first kappa shape index (κ1) is 8.00. The molecule has 0 heterocycles. The molecule has 0 aromatic carbocycles. The Morgan fingerprint density at radius 2 is 0.800 bits per heavy atom. The minimum absolute atomic E-state index is 2.74. The van der Waals surface area contributed by atoms with Crippen molar-refractivity contribution in [3.05, 3.63) is 0 Å². The van der Waals surface area contributed by atoms with E-state index < -0.39 is 0 Å². The monoisotopic (exact) mass is 144 g/mol. The van der Waals surface area contributed by atoms with E-state index in [4.69, 9.17) is 0 Å². The predicted octanol–water partition coefficient (Wildman–Crippen LogP) is 0.288. The second-order valence-electron chi connectivity index (χ2n) is 0.768. The predicted molar refractivity (Wildman–Crippen MR) is 27.8 cm³/mol. The average Bonchev–Trinajstić information content (AvgIpc) is 1.97. The summed E-state index contributed by atoms with van der Waals surface area (Å²) in [6.07, 6.45) is 0. The van der Waals surface area contributed by atoms with Gasteiger partial charge in [0.25, 0.3) is 0 Å². The minimum Gasteiger partial charge on any atom is -0.303 e. The van der Waals surface area contributed by atoms with Gasteiger partial charge in [-0.05, 0) is 31.3 Å². The van der Waals surface area contributed by atoms with E-state index in [1.54, 1.807) is 0 Å². The summed E-state index contributed by atoms with van der Waals surface area (Å²) in [6.45, 7) is 0. The number of hydrogen-bond acceptors (Lipinski definition) is 2. The molecule has 10 heavy (non-hydrogen) atoms. The van der Waals surface area contributed by atoms with Crippen molar-refractivity contribution in [3.63, 3.8) is 0 Å². The number of hydrogen-bond donors (Lipinski definition) is 2. The average molecular weight is 144 g/mol. The molecule has 0 saturated carbocycles. The van der Waals surface area contributed by atoms with Gasteiger partial charge in [-0.15, -0.1) is 0 Å². The van der Waals surface area contributed by atoms with Gasteiger partial charge in [0, 0.05) is 0 Å². The molecule has 0 saturated heterocycles. The lowest BCUT2D eigenvalue weighted by Gasteiger charge is -1.67. The van der Waals surface area contributed by atoms with Crippen LogP contribution in [-0.2, 0) is 0 Å². The second-order valence-corrected chi connectivity index (χ2v) is 0.768. The molecule has 0 aromatic heterocycles. The van der Waals surface area contributed by atoms with Gasteiger partial charge in [0.05, 0.1) is 0 Å². The van der Waals surface area contributed by atoms with Gasteiger partial charge in [0.1, 0.15) is 0 Å². The molecule has 0 aliphatic carbocycles. The summed E-state index contributed by atoms with van der Waals surface area (Å²) in [6, 6.07) is 0. The van der Waals surface area contributed by atoms with E-state index in [2.05, 4.69) is 53.5 Å². The van der Waals surface area contributed by atoms with E-state index >= 15 is 0 Å². The van der Waals surface area contributed by atoms with Crippen molar-refractivity contribution in [1.82, 2.24) is 0 Å². The van der Waals surface area contributed by atoms with Crippen molar-refractivity contribution in [1.29, 1.82) is 0 Å². The van der Waals surface area contributed by atoms with Gasteiger partial charge in [-0.2, -0.15) is 0 Å². The fourth-order valence-electron chi connectivity index (χ4n) is 0.118. The van der Waals surface area contributed by atoms with Gasteiger partial charge in [0.2, 0.25) is 0 Å². The molecule has 0 aliphatic heterocycles. The number of rotatable bonds is 3. The van der Waals surface area contributed by atoms with Crippen LogP contribution in [0.3, 0.4) is 0 Å². The lowest BCUT2D eigenvalue weighted by atomic mass is 12.4. The van der Waals surface area contributed by atoms with Gasteiger partial charge >= 0.3 is 0 Å². The summed E-state index contributed by atoms with van der Waals surface area (Å²) in [5.74, 6) is 9.08. The van der Waals surface area contributed by atoms with Crippen molar-refractivity contribution >= 4 is 0 Å². The van der Waals surface area contributed by atoms with Gasteiger partial charge in [-0.1, -0.05) is 10.4 Å². The smallest absolute Gasteiger partial charge is 0.00000211 e. The Labute approximate surface area is 54.7 Å². The van der Waals surface area contributed by atoms with Crippen LogP contribution in [0, 0.1) is 0 Å². The van der Waals surface area contributed by atoms with E-state index in [1.165, 1.54) is 0 Å². The molecule has 4 N–H and O–H groups in total. The zero-order valence-corrected chi connectivity index (χ0v) is 4.73. The van der Waals surface area contributed by atoms with E-state index in [9.17, 15) is 0 Å². The van der Waals surface area contributed by atoms with Gasteiger partial charge < -0.3 is 11.7 Å². The quantitative estimate of drug-likeness (QED) is 0.332. The Morgan fingerprint density at radius 3 is 1.10 bits per heavy atom. The lowest BCUT2D eigenvalue weighted by molar-refractivity contribution is 0.779. The van der Waals surface area contributed by atoms with Crippen molar-refractivity contribution in [2.24, 2.45) is 53.5 Å². The van der Waals surface area contributed by atoms with Crippen LogP contribution in [0.15, 0.2) is 41.8 Å². The summed E-state index contributed by atoms with van der Waals surface area (Å²) in [7, 11) is 0. The third-order valence-corrected chi connectivity index (χ3v) is 0.303. The van der Waals surface area contributed by atoms with Crippen molar-refractivity contribution < 1.29 is 0 Å². The van der Waals surface area contributed by atoms with Gasteiger partial charge in [0.15, 0.2) is 0 Å². The molecule has 10 heteroatoms. The van der Waals surface area contributed by atoms with Crippen LogP contribution >= 0.6 is 0 Å². The highest BCUT2D eigenvalue weighted by Crippen LogP contribution is 1.81. The molecule has 0 aliphatic rings. The molecule has 0 atom stereocenters. The van der Waals surface area contributed by atoms with Crippen molar-refractivity contribution in [3.8, 4) is 0 Å². The summed E-state index contributed by atoms with van der Waals surface area (Å²) in [5.41, 5.74) is 0. The van der Waals surface area contributed by atoms with Crippen LogP contribution in [0.1, 0.15) is 0 Å². The van der Waals surface area contributed by atoms with Crippen LogP contribution in [-0.4, -0.2) is 0 Å². The first-order chi connectivity index (χ1) is 4.91. The molecule has 0 amide bonds. The summed E-state index contributed by atoms with van der Waals surface area (Å²) < 4.78 is 0. The van der Waals surface area contributed by atoms with Crippen LogP contribution in [0.25, 0.3) is 0 Å². The highest BCUT2D eigenvalue weighted by atomic mass is 15.7. The Bertz CT molecular complexity index is 137. The highest BCUT2D eigenvalue weighted by molar-refractivity contribution is 4.07. The molecular formula is H4N10. The largest absolute Gasteiger partial charge is 0.303 e. The maximum absolute atomic E-state index is 4.54. The Kier molecular flexibility index (Phi) is 5.60. The fourth-order valence-corrected chi connectivity index (χ4v) is 0.118. The molecular weight excluding hydrogens is 140 g/mol. The zero-order valence-electron chi connectivity index (χ0n) is 4.73. The molecule has 0 aromatic rings. The van der Waals surface area contributed by atoms with Crippen LogP contribution in [0.2, 0.25) is 0 Å². The Morgan fingerprint density at radius 1 is 0.500 bits per heavy atom. The third kappa shape index (κ3) is 6.00. The SMILES string of the molecule is NN=NN=NN=NN=NN. The standard InChI is InChI=1S/H4N10/c1-3-5-7-9-10-8-6-4-2/h(H2,1,4,5,8,9)(H2,2,3,6,7,10). The number of nitrogens with two attached hydrogens (primary N) is 2. The van der Waals surface area contributed by atoms with Gasteiger partial charge in [-0.25, -0.2) is 0 Å². The van der Waals surface area contributed by atoms with E-state index in [0.717, 1.165) is 0 Å². The van der Waals surface area contributed by atoms with Crippen LogP contribution < -0.4 is 11.7 Å². The second kappa shape index (κ2) is 7.00. The fraction of sp³-hybridized carbons (Fsp3) is 0. The van der Waals surface area contributed by atoms with Crippen molar-refractivity contribution in [2.75, 3.05) is 0 Å². The molecule has 0 unspecified atom stereocenters. The molecule has 0 spiro atoms. The van der Waals surface area contributed by atoms with Crippen molar-refractivity contribution in [2.45, 2.75) is 0 Å². The van der Waals surface area contributed by atoms with Crippen LogP contribution in [0.5, 0.6) is 0 Å². The van der Waals surface area contributed by atoms with E-state index in [1.807, 2.05) is 0 Å². The highest BCUT2D eigenvalue weighted by Gasteiger charge is 1.63. The normalized spacial score (nSPS) is 13.2. The summed E-state index contributed by atoms with van der Waals surface area (Å²) in [4.78, 5) is 0. The molecule has 54 valence electrons. The number of nitrogens with zero attached hydrogens (tertiary/aromatic N) is 8. The molecule has 0 fully saturated rings. The topological polar surface area (TPSA) is 151 Å². The maximum Gasteiger partial charge on any atom is -0.00000211 e. The minimum atomic E-state index is 2.74.